The van der Waals surface area contributed by atoms with Crippen LogP contribution in [0.5, 0.6) is 0 Å². The van der Waals surface area contributed by atoms with Crippen LogP contribution in [0.2, 0.25) is 0 Å². The van der Waals surface area contributed by atoms with Crippen molar-refractivity contribution in [3.05, 3.63) is 28.2 Å². The Hall–Kier alpha value is -1.40. The van der Waals surface area contributed by atoms with Crippen molar-refractivity contribution in [1.29, 1.82) is 0 Å². The summed E-state index contributed by atoms with van der Waals surface area (Å²) in [6, 6.07) is 5.80. The molecule has 0 saturated heterocycles. The molecule has 1 aromatic carbocycles. The summed E-state index contributed by atoms with van der Waals surface area (Å²) >= 11 is 3.39. The highest BCUT2D eigenvalue weighted by atomic mass is 79.9. The average Bonchev–Trinajstić information content (AvgIpc) is 2.41. The second kappa shape index (κ2) is 9.03. The topological polar surface area (TPSA) is 61.4 Å². The Kier molecular flexibility index (Phi) is 7.72. The van der Waals surface area contributed by atoms with E-state index in [4.69, 9.17) is 0 Å². The Bertz CT molecular complexity index is 561. The number of halogens is 1. The summed E-state index contributed by atoms with van der Waals surface area (Å²) in [6.45, 7) is 8.39. The third kappa shape index (κ3) is 7.14. The maximum Gasteiger partial charge on any atom is 0.238 e. The molecule has 0 aromatic heterocycles. The van der Waals surface area contributed by atoms with Crippen LogP contribution in [-0.2, 0) is 9.59 Å². The van der Waals surface area contributed by atoms with Gasteiger partial charge in [-0.15, -0.1) is 0 Å². The van der Waals surface area contributed by atoms with Crippen LogP contribution in [0.3, 0.4) is 0 Å². The van der Waals surface area contributed by atoms with Crippen molar-refractivity contribution in [3.8, 4) is 0 Å². The Balaban J connectivity index is 2.46. The Labute approximate surface area is 146 Å². The van der Waals surface area contributed by atoms with E-state index in [2.05, 4.69) is 40.4 Å². The number of anilines is 1. The van der Waals surface area contributed by atoms with E-state index in [1.165, 1.54) is 0 Å². The molecule has 6 heteroatoms. The zero-order valence-corrected chi connectivity index (χ0v) is 16.0. The quantitative estimate of drug-likeness (QED) is 0.760. The molecular formula is C17H26BrN3O2. The highest BCUT2D eigenvalue weighted by molar-refractivity contribution is 9.10. The first-order valence-electron chi connectivity index (χ1n) is 7.73. The van der Waals surface area contributed by atoms with Gasteiger partial charge >= 0.3 is 0 Å². The molecule has 2 N–H and O–H groups in total. The van der Waals surface area contributed by atoms with Crippen molar-refractivity contribution < 1.29 is 9.59 Å². The van der Waals surface area contributed by atoms with Crippen molar-refractivity contribution in [3.63, 3.8) is 0 Å². The lowest BCUT2D eigenvalue weighted by atomic mass is 10.1. The molecule has 2 amide bonds. The van der Waals surface area contributed by atoms with Gasteiger partial charge in [-0.2, -0.15) is 0 Å². The zero-order chi connectivity index (χ0) is 17.6. The van der Waals surface area contributed by atoms with E-state index in [0.29, 0.717) is 5.92 Å². The average molecular weight is 384 g/mol. The molecule has 0 aliphatic heterocycles. The SMILES string of the molecule is Cc1cc(Br)ccc1NC(=O)CN(C)CC(=O)N[C@H](C)C(C)C. The van der Waals surface area contributed by atoms with Crippen molar-refractivity contribution in [1.82, 2.24) is 10.2 Å². The smallest absolute Gasteiger partial charge is 0.238 e. The molecule has 0 saturated carbocycles. The van der Waals surface area contributed by atoms with Crippen molar-refractivity contribution >= 4 is 33.4 Å². The predicted molar refractivity (Wildman–Crippen MR) is 97.4 cm³/mol. The Morgan fingerprint density at radius 2 is 1.78 bits per heavy atom. The fourth-order valence-corrected chi connectivity index (χ4v) is 2.45. The normalized spacial score (nSPS) is 12.3. The summed E-state index contributed by atoms with van der Waals surface area (Å²) in [5.41, 5.74) is 1.77. The van der Waals surface area contributed by atoms with Gasteiger partial charge in [-0.3, -0.25) is 14.5 Å². The Morgan fingerprint density at radius 1 is 1.17 bits per heavy atom. The lowest BCUT2D eigenvalue weighted by molar-refractivity contribution is -0.123. The predicted octanol–water partition coefficient (Wildman–Crippen LogP) is 2.79. The number of nitrogens with one attached hydrogen (secondary N) is 2. The molecule has 0 bridgehead atoms. The number of nitrogens with zero attached hydrogens (tertiary/aromatic N) is 1. The first kappa shape index (κ1) is 19.6. The zero-order valence-electron chi connectivity index (χ0n) is 14.4. The van der Waals surface area contributed by atoms with E-state index < -0.39 is 0 Å². The second-order valence-corrected chi connectivity index (χ2v) is 7.20. The van der Waals surface area contributed by atoms with Crippen LogP contribution < -0.4 is 10.6 Å². The fourth-order valence-electron chi connectivity index (χ4n) is 1.97. The molecule has 1 rings (SSSR count). The minimum absolute atomic E-state index is 0.0682. The van der Waals surface area contributed by atoms with E-state index >= 15 is 0 Å². The number of rotatable bonds is 7. The number of hydrogen-bond donors (Lipinski definition) is 2. The van der Waals surface area contributed by atoms with Crippen LogP contribution in [0.25, 0.3) is 0 Å². The molecule has 0 aliphatic rings. The van der Waals surface area contributed by atoms with Gasteiger partial charge < -0.3 is 10.6 Å². The summed E-state index contributed by atoms with van der Waals surface area (Å²) in [7, 11) is 1.76. The second-order valence-electron chi connectivity index (χ2n) is 6.28. The first-order valence-corrected chi connectivity index (χ1v) is 8.52. The number of aryl methyl sites for hydroxylation is 1. The van der Waals surface area contributed by atoms with Crippen LogP contribution in [0, 0.1) is 12.8 Å². The lowest BCUT2D eigenvalue weighted by Crippen LogP contribution is -2.43. The maximum atomic E-state index is 12.1. The number of amides is 2. The number of carbonyl (C=O) groups is 2. The third-order valence-corrected chi connectivity index (χ3v) is 4.17. The molecule has 0 heterocycles. The van der Waals surface area contributed by atoms with E-state index in [1.54, 1.807) is 11.9 Å². The van der Waals surface area contributed by atoms with Gasteiger partial charge in [0, 0.05) is 16.2 Å². The lowest BCUT2D eigenvalue weighted by Gasteiger charge is -2.20. The summed E-state index contributed by atoms with van der Waals surface area (Å²) in [4.78, 5) is 25.7. The summed E-state index contributed by atoms with van der Waals surface area (Å²) in [6.07, 6.45) is 0. The molecule has 0 unspecified atom stereocenters. The molecule has 1 aromatic rings. The van der Waals surface area contributed by atoms with Crippen LogP contribution in [0.4, 0.5) is 5.69 Å². The van der Waals surface area contributed by atoms with Crippen LogP contribution in [-0.4, -0.2) is 42.9 Å². The minimum atomic E-state index is -0.136. The van der Waals surface area contributed by atoms with Gasteiger partial charge in [-0.05, 0) is 50.6 Å². The molecule has 0 spiro atoms. The highest BCUT2D eigenvalue weighted by Crippen LogP contribution is 2.19. The van der Waals surface area contributed by atoms with Gasteiger partial charge in [0.25, 0.3) is 0 Å². The van der Waals surface area contributed by atoms with Crippen LogP contribution >= 0.6 is 15.9 Å². The monoisotopic (exact) mass is 383 g/mol. The molecule has 5 nitrogen and oxygen atoms in total. The number of likely N-dealkylation sites (N-methyl/N-ethyl adjacent to an activating group) is 1. The van der Waals surface area contributed by atoms with Gasteiger partial charge in [0.2, 0.25) is 11.8 Å². The van der Waals surface area contributed by atoms with Crippen LogP contribution in [0.15, 0.2) is 22.7 Å². The highest BCUT2D eigenvalue weighted by Gasteiger charge is 2.14. The van der Waals surface area contributed by atoms with Crippen molar-refractivity contribution in [2.75, 3.05) is 25.5 Å². The third-order valence-electron chi connectivity index (χ3n) is 3.68. The van der Waals surface area contributed by atoms with Crippen molar-refractivity contribution in [2.45, 2.75) is 33.7 Å². The first-order chi connectivity index (χ1) is 10.7. The molecule has 0 radical (unpaired) electrons. The Morgan fingerprint density at radius 3 is 2.35 bits per heavy atom. The molecule has 1 atom stereocenters. The van der Waals surface area contributed by atoms with E-state index in [-0.39, 0.29) is 30.9 Å². The van der Waals surface area contributed by atoms with Gasteiger partial charge in [0.15, 0.2) is 0 Å². The molecule has 23 heavy (non-hydrogen) atoms. The fraction of sp³-hybridized carbons (Fsp3) is 0.529. The number of hydrogen-bond acceptors (Lipinski definition) is 3. The largest absolute Gasteiger partial charge is 0.352 e. The number of benzene rings is 1. The van der Waals surface area contributed by atoms with Gasteiger partial charge in [-0.1, -0.05) is 29.8 Å². The maximum absolute atomic E-state index is 12.1. The number of carbonyl (C=O) groups excluding carboxylic acids is 2. The van der Waals surface area contributed by atoms with E-state index in [1.807, 2.05) is 32.0 Å². The minimum Gasteiger partial charge on any atom is -0.352 e. The van der Waals surface area contributed by atoms with Gasteiger partial charge in [-0.25, -0.2) is 0 Å². The standard InChI is InChI=1S/C17H26BrN3O2/c1-11(2)13(4)19-16(22)9-21(5)10-17(23)20-15-7-6-14(18)8-12(15)3/h6-8,11,13H,9-10H2,1-5H3,(H,19,22)(H,20,23)/t13-/m1/s1. The van der Waals surface area contributed by atoms with E-state index in [9.17, 15) is 9.59 Å². The summed E-state index contributed by atoms with van der Waals surface area (Å²) in [5, 5.41) is 5.80. The molecule has 0 fully saturated rings. The van der Waals surface area contributed by atoms with E-state index in [0.717, 1.165) is 15.7 Å². The van der Waals surface area contributed by atoms with Crippen LogP contribution in [0.1, 0.15) is 26.3 Å². The molecular weight excluding hydrogens is 358 g/mol. The molecule has 0 aliphatic carbocycles. The van der Waals surface area contributed by atoms with Gasteiger partial charge in [0.05, 0.1) is 13.1 Å². The van der Waals surface area contributed by atoms with Crippen molar-refractivity contribution in [2.24, 2.45) is 5.92 Å². The molecule has 128 valence electrons. The van der Waals surface area contributed by atoms with Gasteiger partial charge in [0.1, 0.15) is 0 Å². The summed E-state index contributed by atoms with van der Waals surface area (Å²) in [5.74, 6) is 0.178. The summed E-state index contributed by atoms with van der Waals surface area (Å²) < 4.78 is 0.973.